The quantitative estimate of drug-likeness (QED) is 0.683. The fourth-order valence-corrected chi connectivity index (χ4v) is 8.26. The topological polar surface area (TPSA) is 26.3 Å². The molecule has 0 spiro atoms. The molecule has 2 aromatic rings. The van der Waals surface area contributed by atoms with Crippen LogP contribution in [-0.2, 0) is 7.61 Å². The summed E-state index contributed by atoms with van der Waals surface area (Å²) in [6.45, 7) is 1.83. The second kappa shape index (κ2) is 6.65. The third-order valence-corrected chi connectivity index (χ3v) is 9.93. The van der Waals surface area contributed by atoms with Crippen LogP contribution in [0.3, 0.4) is 0 Å². The number of hydrogen-bond acceptors (Lipinski definition) is 2. The second-order valence-corrected chi connectivity index (χ2v) is 10.8. The van der Waals surface area contributed by atoms with Gasteiger partial charge in [-0.15, -0.1) is 0 Å². The molecule has 0 fully saturated rings. The van der Waals surface area contributed by atoms with Gasteiger partial charge in [0.25, 0.3) is 0 Å². The first-order valence-electron chi connectivity index (χ1n) is 5.92. The van der Waals surface area contributed by atoms with Crippen molar-refractivity contribution in [3.63, 3.8) is 0 Å². The minimum atomic E-state index is -2.60. The molecular formula is C15H15BiO2. The Bertz CT molecular complexity index is 457. The number of benzene rings is 2. The molecular weight excluding hydrogens is 421 g/mol. The van der Waals surface area contributed by atoms with Crippen molar-refractivity contribution in [1.29, 1.82) is 0 Å². The minimum absolute atomic E-state index is 0.0968. The van der Waals surface area contributed by atoms with Crippen LogP contribution in [0.4, 0.5) is 0 Å². The Morgan fingerprint density at radius 1 is 0.944 bits per heavy atom. The van der Waals surface area contributed by atoms with Crippen molar-refractivity contribution in [2.24, 2.45) is 0 Å². The predicted octanol–water partition coefficient (Wildman–Crippen LogP) is 1.75. The zero-order chi connectivity index (χ0) is 12.8. The molecule has 18 heavy (non-hydrogen) atoms. The molecule has 0 saturated heterocycles. The standard InChI is InChI=1S/2C6H5.C3H6O2.Bi/c2*1-2-4-6-5-3-1;1-2-3(4)5;/h2*1-5H;2H2,1H3,(H,4,5);/q;;;+1/p-1. The average molecular weight is 436 g/mol. The van der Waals surface area contributed by atoms with Gasteiger partial charge in [-0.1, -0.05) is 0 Å². The fourth-order valence-electron chi connectivity index (χ4n) is 1.55. The van der Waals surface area contributed by atoms with Crippen LogP contribution in [0.5, 0.6) is 0 Å². The Morgan fingerprint density at radius 3 is 1.78 bits per heavy atom. The molecule has 0 heterocycles. The first kappa shape index (κ1) is 13.2. The number of hydrogen-bond donors (Lipinski definition) is 0. The van der Waals surface area contributed by atoms with Gasteiger partial charge in [0, 0.05) is 0 Å². The maximum atomic E-state index is 11.6. The van der Waals surface area contributed by atoms with E-state index in [0.29, 0.717) is 6.42 Å². The van der Waals surface area contributed by atoms with Gasteiger partial charge in [-0.2, -0.15) is 0 Å². The van der Waals surface area contributed by atoms with Crippen molar-refractivity contribution in [1.82, 2.24) is 0 Å². The van der Waals surface area contributed by atoms with E-state index in [1.807, 2.05) is 43.3 Å². The molecule has 92 valence electrons. The molecule has 0 atom stereocenters. The molecule has 0 bridgehead atoms. The van der Waals surface area contributed by atoms with Crippen LogP contribution in [-0.4, -0.2) is 28.2 Å². The van der Waals surface area contributed by atoms with Gasteiger partial charge in [-0.3, -0.25) is 0 Å². The number of carbonyl (C=O) groups excluding carboxylic acids is 1. The Hall–Kier alpha value is -1.21. The monoisotopic (exact) mass is 436 g/mol. The molecule has 0 aliphatic rings. The van der Waals surface area contributed by atoms with Gasteiger partial charge in [0.2, 0.25) is 0 Å². The average Bonchev–Trinajstić information content (AvgIpc) is 2.46. The van der Waals surface area contributed by atoms with Crippen LogP contribution in [0.15, 0.2) is 60.7 Å². The Balaban J connectivity index is 2.32. The summed E-state index contributed by atoms with van der Waals surface area (Å²) in [7, 11) is 0. The molecule has 0 unspecified atom stereocenters. The third kappa shape index (κ3) is 3.39. The molecule has 0 aromatic heterocycles. The molecule has 0 amide bonds. The first-order chi connectivity index (χ1) is 8.81. The first-order valence-corrected chi connectivity index (χ1v) is 10.8. The van der Waals surface area contributed by atoms with Crippen LogP contribution in [0.1, 0.15) is 13.3 Å². The van der Waals surface area contributed by atoms with Crippen molar-refractivity contribution >= 4 is 34.7 Å². The van der Waals surface area contributed by atoms with Crippen molar-refractivity contribution in [2.45, 2.75) is 13.3 Å². The molecule has 2 nitrogen and oxygen atoms in total. The van der Waals surface area contributed by atoms with E-state index < -0.39 is 22.2 Å². The normalized spacial score (nSPS) is 10.3. The Kier molecular flexibility index (Phi) is 4.89. The summed E-state index contributed by atoms with van der Waals surface area (Å²) in [5.74, 6) is -0.0968. The zero-order valence-corrected chi connectivity index (χ0v) is 13.7. The molecule has 2 rings (SSSR count). The molecule has 0 aliphatic carbocycles. The summed E-state index contributed by atoms with van der Waals surface area (Å²) in [5.41, 5.74) is 0. The van der Waals surface area contributed by atoms with Crippen LogP contribution < -0.4 is 6.54 Å². The summed E-state index contributed by atoms with van der Waals surface area (Å²) >= 11 is -2.60. The van der Waals surface area contributed by atoms with E-state index in [1.54, 1.807) is 0 Å². The van der Waals surface area contributed by atoms with E-state index in [2.05, 4.69) is 24.3 Å². The molecule has 3 heteroatoms. The summed E-state index contributed by atoms with van der Waals surface area (Å²) in [5, 5.41) is 0. The van der Waals surface area contributed by atoms with E-state index in [4.69, 9.17) is 2.81 Å². The van der Waals surface area contributed by atoms with Gasteiger partial charge < -0.3 is 0 Å². The Morgan fingerprint density at radius 2 is 1.39 bits per heavy atom. The molecule has 2 aromatic carbocycles. The van der Waals surface area contributed by atoms with E-state index >= 15 is 0 Å². The molecule has 0 aliphatic heterocycles. The second-order valence-electron chi connectivity index (χ2n) is 3.78. The van der Waals surface area contributed by atoms with Gasteiger partial charge in [0.15, 0.2) is 0 Å². The van der Waals surface area contributed by atoms with Crippen molar-refractivity contribution in [3.05, 3.63) is 60.7 Å². The van der Waals surface area contributed by atoms with E-state index in [0.717, 1.165) is 0 Å². The van der Waals surface area contributed by atoms with Crippen LogP contribution >= 0.6 is 0 Å². The number of carbonyl (C=O) groups is 1. The predicted molar refractivity (Wildman–Crippen MR) is 74.3 cm³/mol. The zero-order valence-electron chi connectivity index (χ0n) is 10.2. The van der Waals surface area contributed by atoms with Gasteiger partial charge in [-0.25, -0.2) is 0 Å². The van der Waals surface area contributed by atoms with Crippen molar-refractivity contribution in [2.75, 3.05) is 0 Å². The maximum absolute atomic E-state index is 11.6. The van der Waals surface area contributed by atoms with Crippen LogP contribution in [0.2, 0.25) is 0 Å². The Labute approximate surface area is 116 Å². The van der Waals surface area contributed by atoms with E-state index in [9.17, 15) is 4.79 Å². The summed E-state index contributed by atoms with van der Waals surface area (Å²) < 4.78 is 8.13. The molecule has 0 N–H and O–H groups in total. The van der Waals surface area contributed by atoms with Crippen molar-refractivity contribution in [3.8, 4) is 0 Å². The van der Waals surface area contributed by atoms with Crippen LogP contribution in [0.25, 0.3) is 0 Å². The van der Waals surface area contributed by atoms with Gasteiger partial charge in [-0.05, 0) is 0 Å². The molecule has 0 saturated carbocycles. The summed E-state index contributed by atoms with van der Waals surface area (Å²) in [4.78, 5) is 11.6. The summed E-state index contributed by atoms with van der Waals surface area (Å²) in [6.07, 6.45) is 0.436. The number of rotatable bonds is 4. The third-order valence-electron chi connectivity index (χ3n) is 2.46. The summed E-state index contributed by atoms with van der Waals surface area (Å²) in [6, 6.07) is 20.2. The SMILES string of the molecule is CCC(=O)[O][Bi]([c]1ccccc1)[c]1ccccc1. The van der Waals surface area contributed by atoms with Gasteiger partial charge in [0.1, 0.15) is 0 Å². The van der Waals surface area contributed by atoms with Crippen molar-refractivity contribution < 1.29 is 7.61 Å². The van der Waals surface area contributed by atoms with E-state index in [1.165, 1.54) is 6.54 Å². The fraction of sp³-hybridized carbons (Fsp3) is 0.133. The van der Waals surface area contributed by atoms with Crippen LogP contribution in [0, 0.1) is 0 Å². The van der Waals surface area contributed by atoms with E-state index in [-0.39, 0.29) is 5.97 Å². The molecule has 0 radical (unpaired) electrons. The van der Waals surface area contributed by atoms with Gasteiger partial charge >= 0.3 is 116 Å². The van der Waals surface area contributed by atoms with Gasteiger partial charge in [0.05, 0.1) is 0 Å².